The van der Waals surface area contributed by atoms with Crippen LogP contribution in [0, 0.1) is 13.8 Å². The summed E-state index contributed by atoms with van der Waals surface area (Å²) in [6.45, 7) is 4.70. The molecule has 0 radical (unpaired) electrons. The Balaban J connectivity index is 1.83. The highest BCUT2D eigenvalue weighted by Gasteiger charge is 2.25. The van der Waals surface area contributed by atoms with Gasteiger partial charge in [-0.2, -0.15) is 5.21 Å². The number of phenolic OH excluding ortho intramolecular Hbond substituents is 1. The largest absolute Gasteiger partial charge is 0.507 e. The molecule has 1 saturated heterocycles. The van der Waals surface area contributed by atoms with E-state index in [2.05, 4.69) is 20.6 Å². The summed E-state index contributed by atoms with van der Waals surface area (Å²) < 4.78 is 0. The van der Waals surface area contributed by atoms with E-state index < -0.39 is 0 Å². The maximum Gasteiger partial charge on any atom is 0.260 e. The van der Waals surface area contributed by atoms with Gasteiger partial charge in [-0.15, -0.1) is 22.0 Å². The van der Waals surface area contributed by atoms with E-state index in [9.17, 15) is 9.90 Å². The van der Waals surface area contributed by atoms with Gasteiger partial charge in [-0.25, -0.2) is 0 Å². The van der Waals surface area contributed by atoms with Crippen LogP contribution in [-0.2, 0) is 11.3 Å². The molecule has 0 bridgehead atoms. The summed E-state index contributed by atoms with van der Waals surface area (Å²) in [5.41, 5.74) is 2.51. The summed E-state index contributed by atoms with van der Waals surface area (Å²) in [4.78, 5) is 15.0. The van der Waals surface area contributed by atoms with Gasteiger partial charge in [0.1, 0.15) is 5.75 Å². The van der Waals surface area contributed by atoms with E-state index in [1.165, 1.54) is 0 Å². The number of aromatic nitrogens is 4. The van der Waals surface area contributed by atoms with Crippen molar-refractivity contribution in [2.45, 2.75) is 20.4 Å². The van der Waals surface area contributed by atoms with Gasteiger partial charge >= 0.3 is 0 Å². The van der Waals surface area contributed by atoms with Crippen molar-refractivity contribution >= 4 is 23.7 Å². The first kappa shape index (κ1) is 15.5. The monoisotopic (exact) mass is 331 g/mol. The summed E-state index contributed by atoms with van der Waals surface area (Å²) in [6.07, 6.45) is 1.87. The second kappa shape index (κ2) is 6.41. The highest BCUT2D eigenvalue weighted by molar-refractivity contribution is 8.04. The lowest BCUT2D eigenvalue weighted by Crippen LogP contribution is -2.36. The molecule has 2 heterocycles. The molecule has 3 rings (SSSR count). The summed E-state index contributed by atoms with van der Waals surface area (Å²) in [7, 11) is 0. The van der Waals surface area contributed by atoms with Gasteiger partial charge in [0.2, 0.25) is 0 Å². The van der Waals surface area contributed by atoms with E-state index in [1.807, 2.05) is 32.1 Å². The third kappa shape index (κ3) is 3.37. The fraction of sp³-hybridized carbons (Fsp3) is 0.333. The Bertz CT molecular complexity index is 734. The molecule has 23 heavy (non-hydrogen) atoms. The van der Waals surface area contributed by atoms with Crippen LogP contribution in [0.1, 0.15) is 22.5 Å². The predicted octanol–water partition coefficient (Wildman–Crippen LogP) is 1.64. The number of H-pyrrole nitrogens is 1. The molecular formula is C15H17N5O2S. The summed E-state index contributed by atoms with van der Waals surface area (Å²) in [5.74, 6) is 1.59. The number of aryl methyl sites for hydroxylation is 2. The number of hydrogen-bond acceptors (Lipinski definition) is 6. The van der Waals surface area contributed by atoms with Crippen LogP contribution in [0.25, 0.3) is 6.08 Å². The number of rotatable bonds is 3. The van der Waals surface area contributed by atoms with Crippen molar-refractivity contribution in [3.05, 3.63) is 39.6 Å². The zero-order chi connectivity index (χ0) is 16.4. The molecule has 1 aromatic heterocycles. The fourth-order valence-electron chi connectivity index (χ4n) is 2.48. The molecule has 8 heteroatoms. The average Bonchev–Trinajstić information content (AvgIpc) is 3.02. The number of aromatic hydroxyl groups is 1. The van der Waals surface area contributed by atoms with Crippen molar-refractivity contribution in [2.24, 2.45) is 0 Å². The molecule has 1 fully saturated rings. The van der Waals surface area contributed by atoms with Gasteiger partial charge in [-0.05, 0) is 48.7 Å². The summed E-state index contributed by atoms with van der Waals surface area (Å²) >= 11 is 1.54. The van der Waals surface area contributed by atoms with Crippen LogP contribution >= 0.6 is 11.8 Å². The molecule has 1 aliphatic rings. The van der Waals surface area contributed by atoms with Gasteiger partial charge in [-0.3, -0.25) is 4.79 Å². The molecule has 7 nitrogen and oxygen atoms in total. The molecule has 0 aliphatic carbocycles. The van der Waals surface area contributed by atoms with Crippen LogP contribution < -0.4 is 0 Å². The van der Waals surface area contributed by atoms with Crippen molar-refractivity contribution in [3.63, 3.8) is 0 Å². The lowest BCUT2D eigenvalue weighted by atomic mass is 10.1. The smallest absolute Gasteiger partial charge is 0.260 e. The molecule has 0 saturated carbocycles. The van der Waals surface area contributed by atoms with Gasteiger partial charge in [0, 0.05) is 12.3 Å². The molecule has 0 unspecified atom stereocenters. The number of amides is 1. The van der Waals surface area contributed by atoms with Crippen molar-refractivity contribution in [1.82, 2.24) is 25.5 Å². The zero-order valence-electron chi connectivity index (χ0n) is 12.9. The van der Waals surface area contributed by atoms with Gasteiger partial charge in [0.25, 0.3) is 5.91 Å². The molecule has 2 aromatic rings. The van der Waals surface area contributed by atoms with E-state index in [-0.39, 0.29) is 5.91 Å². The first-order chi connectivity index (χ1) is 11.0. The Kier molecular flexibility index (Phi) is 4.33. The molecule has 0 atom stereocenters. The van der Waals surface area contributed by atoms with Crippen LogP contribution in [0.2, 0.25) is 0 Å². The highest BCUT2D eigenvalue weighted by Crippen LogP contribution is 2.29. The van der Waals surface area contributed by atoms with E-state index in [0.29, 0.717) is 29.6 Å². The van der Waals surface area contributed by atoms with Crippen LogP contribution in [0.15, 0.2) is 17.0 Å². The third-order valence-corrected chi connectivity index (χ3v) is 4.64. The molecule has 120 valence electrons. The minimum absolute atomic E-state index is 0.0329. The predicted molar refractivity (Wildman–Crippen MR) is 87.6 cm³/mol. The van der Waals surface area contributed by atoms with E-state index >= 15 is 0 Å². The van der Waals surface area contributed by atoms with Crippen LogP contribution in [0.5, 0.6) is 5.75 Å². The Morgan fingerprint density at radius 3 is 2.78 bits per heavy atom. The average molecular weight is 331 g/mol. The number of benzene rings is 1. The first-order valence-electron chi connectivity index (χ1n) is 7.21. The number of hydrogen-bond donors (Lipinski definition) is 2. The van der Waals surface area contributed by atoms with Crippen LogP contribution in [0.4, 0.5) is 0 Å². The fourth-order valence-corrected chi connectivity index (χ4v) is 3.49. The normalized spacial score (nSPS) is 17.0. The lowest BCUT2D eigenvalue weighted by Gasteiger charge is -2.26. The van der Waals surface area contributed by atoms with Gasteiger partial charge < -0.3 is 10.0 Å². The Morgan fingerprint density at radius 1 is 1.39 bits per heavy atom. The van der Waals surface area contributed by atoms with E-state index in [0.717, 1.165) is 22.4 Å². The van der Waals surface area contributed by atoms with Crippen LogP contribution in [-0.4, -0.2) is 48.8 Å². The number of aromatic amines is 1. The van der Waals surface area contributed by atoms with Gasteiger partial charge in [-0.1, -0.05) is 5.21 Å². The quantitative estimate of drug-likeness (QED) is 0.830. The van der Waals surface area contributed by atoms with Crippen molar-refractivity contribution in [1.29, 1.82) is 0 Å². The minimum atomic E-state index is -0.0329. The van der Waals surface area contributed by atoms with Gasteiger partial charge in [0.15, 0.2) is 5.82 Å². The lowest BCUT2D eigenvalue weighted by molar-refractivity contribution is -0.127. The van der Waals surface area contributed by atoms with Crippen molar-refractivity contribution < 1.29 is 9.90 Å². The molecule has 1 aliphatic heterocycles. The Hall–Kier alpha value is -2.35. The van der Waals surface area contributed by atoms with E-state index in [1.54, 1.807) is 16.7 Å². The number of carbonyl (C=O) groups is 1. The number of nitrogens with zero attached hydrogens (tertiary/aromatic N) is 4. The number of tetrazole rings is 1. The van der Waals surface area contributed by atoms with Crippen LogP contribution in [0.3, 0.4) is 0 Å². The number of nitrogens with one attached hydrogen (secondary N) is 1. The molecule has 1 aromatic carbocycles. The van der Waals surface area contributed by atoms with E-state index in [4.69, 9.17) is 0 Å². The SMILES string of the molecule is Cc1cc(C=C2SCCN(Cc3nn[nH]n3)C2=O)cc(C)c1O. The maximum atomic E-state index is 12.6. The van der Waals surface area contributed by atoms with Crippen molar-refractivity contribution in [2.75, 3.05) is 12.3 Å². The number of carbonyl (C=O) groups excluding carboxylic acids is 1. The standard InChI is InChI=1S/C15H17N5O2S/c1-9-5-11(6-10(2)14(9)21)7-12-15(22)20(3-4-23-12)8-13-16-18-19-17-13/h5-7,21H,3-4,8H2,1-2H3,(H,16,17,18,19). The van der Waals surface area contributed by atoms with Gasteiger partial charge in [0.05, 0.1) is 11.4 Å². The second-order valence-corrected chi connectivity index (χ2v) is 6.55. The molecule has 1 amide bonds. The third-order valence-electron chi connectivity index (χ3n) is 3.65. The van der Waals surface area contributed by atoms with Crippen molar-refractivity contribution in [3.8, 4) is 5.75 Å². The topological polar surface area (TPSA) is 95.0 Å². The summed E-state index contributed by atoms with van der Waals surface area (Å²) in [5, 5.41) is 23.5. The minimum Gasteiger partial charge on any atom is -0.507 e. The molecular weight excluding hydrogens is 314 g/mol. The molecule has 2 N–H and O–H groups in total. The highest BCUT2D eigenvalue weighted by atomic mass is 32.2. The second-order valence-electron chi connectivity index (χ2n) is 5.42. The number of phenols is 1. The zero-order valence-corrected chi connectivity index (χ0v) is 13.7. The Morgan fingerprint density at radius 2 is 2.13 bits per heavy atom. The summed E-state index contributed by atoms with van der Waals surface area (Å²) in [6, 6.07) is 3.75. The number of thioether (sulfide) groups is 1. The first-order valence-corrected chi connectivity index (χ1v) is 8.19. The maximum absolute atomic E-state index is 12.6. The molecule has 0 spiro atoms. The Labute approximate surface area is 137 Å².